The molecular weight excluding hydrogens is 265 g/mol. The number of carbonyl (C=O) groups excluding carboxylic acids is 1. The molecule has 106 valence electrons. The maximum atomic E-state index is 12.8. The van der Waals surface area contributed by atoms with Crippen LogP contribution in [0.3, 0.4) is 0 Å². The van der Waals surface area contributed by atoms with E-state index in [1.807, 2.05) is 30.0 Å². The van der Waals surface area contributed by atoms with Gasteiger partial charge < -0.3 is 4.90 Å². The van der Waals surface area contributed by atoms with Gasteiger partial charge in [0.2, 0.25) is 0 Å². The molecule has 0 aliphatic carbocycles. The van der Waals surface area contributed by atoms with E-state index in [-0.39, 0.29) is 17.8 Å². The molecule has 2 aromatic carbocycles. The highest BCUT2D eigenvalue weighted by atomic mass is 19.1. The molecule has 1 atom stereocenters. The van der Waals surface area contributed by atoms with Crippen LogP contribution in [0, 0.1) is 5.82 Å². The van der Waals surface area contributed by atoms with E-state index in [9.17, 15) is 9.18 Å². The fourth-order valence-electron chi connectivity index (χ4n) is 2.72. The van der Waals surface area contributed by atoms with Crippen LogP contribution < -0.4 is 4.90 Å². The average Bonchev–Trinajstić information content (AvgIpc) is 2.82. The third-order valence-corrected chi connectivity index (χ3v) is 3.73. The number of amides is 1. The summed E-state index contributed by atoms with van der Waals surface area (Å²) in [5, 5.41) is 0. The Balaban J connectivity index is 1.81. The van der Waals surface area contributed by atoms with E-state index in [0.717, 1.165) is 17.7 Å². The second-order valence-corrected chi connectivity index (χ2v) is 5.27. The van der Waals surface area contributed by atoms with Gasteiger partial charge in [-0.1, -0.05) is 30.3 Å². The standard InChI is InChI=1S/C18H16FNO/c1-13-12-15-4-2-3-5-17(15)20(13)18(21)11-8-14-6-9-16(19)10-7-14/h2-11,13H,12H2,1H3/b11-8+/t13-/m0/s1. The number of nitrogens with zero attached hydrogens (tertiary/aromatic N) is 1. The van der Waals surface area contributed by atoms with E-state index in [1.54, 1.807) is 24.3 Å². The van der Waals surface area contributed by atoms with Crippen LogP contribution in [0.15, 0.2) is 54.6 Å². The molecular formula is C18H16FNO. The highest BCUT2D eigenvalue weighted by Gasteiger charge is 2.28. The van der Waals surface area contributed by atoms with Crippen molar-refractivity contribution in [3.8, 4) is 0 Å². The van der Waals surface area contributed by atoms with Gasteiger partial charge in [-0.3, -0.25) is 4.79 Å². The predicted molar refractivity (Wildman–Crippen MR) is 82.5 cm³/mol. The minimum absolute atomic E-state index is 0.0447. The number of para-hydroxylation sites is 1. The lowest BCUT2D eigenvalue weighted by molar-refractivity contribution is -0.114. The quantitative estimate of drug-likeness (QED) is 0.766. The molecule has 3 heteroatoms. The number of hydrogen-bond acceptors (Lipinski definition) is 1. The first kappa shape index (κ1) is 13.6. The summed E-state index contributed by atoms with van der Waals surface area (Å²) in [7, 11) is 0. The number of fused-ring (bicyclic) bond motifs is 1. The average molecular weight is 281 g/mol. The van der Waals surface area contributed by atoms with Gasteiger partial charge in [0, 0.05) is 17.8 Å². The first-order valence-electron chi connectivity index (χ1n) is 7.00. The summed E-state index contributed by atoms with van der Waals surface area (Å²) in [6.07, 6.45) is 4.15. The van der Waals surface area contributed by atoms with E-state index in [0.29, 0.717) is 0 Å². The molecule has 1 aliphatic heterocycles. The van der Waals surface area contributed by atoms with Crippen molar-refractivity contribution in [2.24, 2.45) is 0 Å². The van der Waals surface area contributed by atoms with Gasteiger partial charge in [-0.25, -0.2) is 4.39 Å². The summed E-state index contributed by atoms with van der Waals surface area (Å²) in [6.45, 7) is 2.05. The highest BCUT2D eigenvalue weighted by Crippen LogP contribution is 2.31. The van der Waals surface area contributed by atoms with Gasteiger partial charge in [0.05, 0.1) is 0 Å². The van der Waals surface area contributed by atoms with Gasteiger partial charge in [0.25, 0.3) is 5.91 Å². The Hall–Kier alpha value is -2.42. The Kier molecular flexibility index (Phi) is 3.57. The van der Waals surface area contributed by atoms with Gasteiger partial charge in [-0.05, 0) is 48.7 Å². The minimum atomic E-state index is -0.277. The Morgan fingerprint density at radius 2 is 1.90 bits per heavy atom. The number of anilines is 1. The van der Waals surface area contributed by atoms with Crippen molar-refractivity contribution in [1.82, 2.24) is 0 Å². The normalized spacial score (nSPS) is 17.2. The molecule has 3 rings (SSSR count). The molecule has 1 aliphatic rings. The number of rotatable bonds is 2. The molecule has 1 heterocycles. The zero-order valence-electron chi connectivity index (χ0n) is 11.8. The van der Waals surface area contributed by atoms with Crippen molar-refractivity contribution in [2.45, 2.75) is 19.4 Å². The van der Waals surface area contributed by atoms with E-state index >= 15 is 0 Å². The molecule has 2 nitrogen and oxygen atoms in total. The van der Waals surface area contributed by atoms with Crippen LogP contribution in [0.5, 0.6) is 0 Å². The number of carbonyl (C=O) groups is 1. The first-order valence-corrected chi connectivity index (χ1v) is 7.00. The molecule has 21 heavy (non-hydrogen) atoms. The lowest BCUT2D eigenvalue weighted by atomic mass is 10.1. The Morgan fingerprint density at radius 1 is 1.19 bits per heavy atom. The molecule has 0 fully saturated rings. The highest BCUT2D eigenvalue weighted by molar-refractivity contribution is 6.05. The lowest BCUT2D eigenvalue weighted by Gasteiger charge is -2.20. The Bertz CT molecular complexity index is 691. The van der Waals surface area contributed by atoms with Gasteiger partial charge in [-0.2, -0.15) is 0 Å². The fraction of sp³-hybridized carbons (Fsp3) is 0.167. The molecule has 0 aromatic heterocycles. The summed E-state index contributed by atoms with van der Waals surface area (Å²) >= 11 is 0. The SMILES string of the molecule is C[C@H]1Cc2ccccc2N1C(=O)/C=C/c1ccc(F)cc1. The molecule has 0 bridgehead atoms. The van der Waals surface area contributed by atoms with E-state index in [4.69, 9.17) is 0 Å². The fourth-order valence-corrected chi connectivity index (χ4v) is 2.72. The van der Waals surface area contributed by atoms with Crippen molar-refractivity contribution in [1.29, 1.82) is 0 Å². The van der Waals surface area contributed by atoms with Crippen LogP contribution in [0.25, 0.3) is 6.08 Å². The second-order valence-electron chi connectivity index (χ2n) is 5.27. The molecule has 0 saturated carbocycles. The number of hydrogen-bond donors (Lipinski definition) is 0. The summed E-state index contributed by atoms with van der Waals surface area (Å²) < 4.78 is 12.8. The molecule has 0 saturated heterocycles. The zero-order chi connectivity index (χ0) is 14.8. The topological polar surface area (TPSA) is 20.3 Å². The van der Waals surface area contributed by atoms with Crippen LogP contribution in [0.2, 0.25) is 0 Å². The summed E-state index contributed by atoms with van der Waals surface area (Å²) in [5.74, 6) is -0.322. The van der Waals surface area contributed by atoms with Gasteiger partial charge in [0.1, 0.15) is 5.82 Å². The predicted octanol–water partition coefficient (Wildman–Crippen LogP) is 3.82. The Morgan fingerprint density at radius 3 is 2.67 bits per heavy atom. The first-order chi connectivity index (χ1) is 10.1. The molecule has 0 unspecified atom stereocenters. The van der Waals surface area contributed by atoms with Crippen molar-refractivity contribution < 1.29 is 9.18 Å². The number of halogens is 1. The third kappa shape index (κ3) is 2.72. The van der Waals surface area contributed by atoms with Crippen molar-refractivity contribution in [3.63, 3.8) is 0 Å². The monoisotopic (exact) mass is 281 g/mol. The van der Waals surface area contributed by atoms with E-state index < -0.39 is 0 Å². The second kappa shape index (κ2) is 5.52. The van der Waals surface area contributed by atoms with Crippen LogP contribution >= 0.6 is 0 Å². The smallest absolute Gasteiger partial charge is 0.251 e. The van der Waals surface area contributed by atoms with Crippen LogP contribution in [-0.4, -0.2) is 11.9 Å². The van der Waals surface area contributed by atoms with Crippen LogP contribution in [0.4, 0.5) is 10.1 Å². The maximum Gasteiger partial charge on any atom is 0.251 e. The van der Waals surface area contributed by atoms with Crippen molar-refractivity contribution in [2.75, 3.05) is 4.90 Å². The Labute approximate surface area is 123 Å². The molecule has 0 N–H and O–H groups in total. The lowest BCUT2D eigenvalue weighted by Crippen LogP contribution is -2.34. The number of benzene rings is 2. The van der Waals surface area contributed by atoms with Crippen molar-refractivity contribution in [3.05, 3.63) is 71.6 Å². The van der Waals surface area contributed by atoms with Gasteiger partial charge in [0.15, 0.2) is 0 Å². The van der Waals surface area contributed by atoms with E-state index in [1.165, 1.54) is 17.7 Å². The minimum Gasteiger partial charge on any atom is -0.305 e. The van der Waals surface area contributed by atoms with Gasteiger partial charge in [-0.15, -0.1) is 0 Å². The third-order valence-electron chi connectivity index (χ3n) is 3.73. The van der Waals surface area contributed by atoms with Crippen molar-refractivity contribution >= 4 is 17.7 Å². The van der Waals surface area contributed by atoms with E-state index in [2.05, 4.69) is 6.07 Å². The van der Waals surface area contributed by atoms with Gasteiger partial charge >= 0.3 is 0 Å². The summed E-state index contributed by atoms with van der Waals surface area (Å²) in [6, 6.07) is 14.2. The summed E-state index contributed by atoms with van der Waals surface area (Å²) in [4.78, 5) is 14.2. The van der Waals surface area contributed by atoms with Crippen LogP contribution in [0.1, 0.15) is 18.1 Å². The van der Waals surface area contributed by atoms with Crippen LogP contribution in [-0.2, 0) is 11.2 Å². The largest absolute Gasteiger partial charge is 0.305 e. The zero-order valence-corrected chi connectivity index (χ0v) is 11.8. The molecule has 2 aromatic rings. The summed E-state index contributed by atoms with van der Waals surface area (Å²) in [5.41, 5.74) is 3.00. The molecule has 0 spiro atoms. The molecule has 0 radical (unpaired) electrons. The molecule has 1 amide bonds. The maximum absolute atomic E-state index is 12.8.